The molecule has 0 saturated carbocycles. The number of hydrogen-bond donors (Lipinski definition) is 1. The standard InChI is InChI=1S/C19H15BrN2OS/c20-16-7-2-1-6-15(16)18(23)22-19-21-17(11-24-19)14-9-8-12-4-3-5-13(12)10-14/h1-2,6-11H,3-5H2,(H,21,22,23). The van der Waals surface area contributed by atoms with Crippen LogP contribution in [0.2, 0.25) is 0 Å². The Morgan fingerprint density at radius 1 is 1.12 bits per heavy atom. The monoisotopic (exact) mass is 398 g/mol. The number of amides is 1. The van der Waals surface area contributed by atoms with Gasteiger partial charge in [-0.2, -0.15) is 0 Å². The van der Waals surface area contributed by atoms with E-state index in [1.54, 1.807) is 6.07 Å². The van der Waals surface area contributed by atoms with Gasteiger partial charge in [0.25, 0.3) is 5.91 Å². The average molecular weight is 399 g/mol. The van der Waals surface area contributed by atoms with Gasteiger partial charge in [-0.25, -0.2) is 4.98 Å². The molecular weight excluding hydrogens is 384 g/mol. The zero-order valence-electron chi connectivity index (χ0n) is 12.9. The van der Waals surface area contributed by atoms with Gasteiger partial charge in [0.15, 0.2) is 5.13 Å². The maximum atomic E-state index is 12.4. The van der Waals surface area contributed by atoms with Gasteiger partial charge < -0.3 is 0 Å². The van der Waals surface area contributed by atoms with Crippen molar-refractivity contribution in [2.75, 3.05) is 5.32 Å². The van der Waals surface area contributed by atoms with Crippen LogP contribution in [0.5, 0.6) is 0 Å². The summed E-state index contributed by atoms with van der Waals surface area (Å²) in [6.07, 6.45) is 3.57. The highest BCUT2D eigenvalue weighted by atomic mass is 79.9. The molecule has 3 nitrogen and oxygen atoms in total. The predicted molar refractivity (Wildman–Crippen MR) is 102 cm³/mol. The fraction of sp³-hybridized carbons (Fsp3) is 0.158. The topological polar surface area (TPSA) is 42.0 Å². The van der Waals surface area contributed by atoms with Crippen molar-refractivity contribution in [3.8, 4) is 11.3 Å². The summed E-state index contributed by atoms with van der Waals surface area (Å²) in [5.41, 5.74) is 5.52. The number of rotatable bonds is 3. The van der Waals surface area contributed by atoms with Crippen molar-refractivity contribution in [2.24, 2.45) is 0 Å². The number of anilines is 1. The van der Waals surface area contributed by atoms with E-state index >= 15 is 0 Å². The summed E-state index contributed by atoms with van der Waals surface area (Å²) in [5, 5.41) is 5.49. The molecule has 0 fully saturated rings. The van der Waals surface area contributed by atoms with Crippen LogP contribution in [0, 0.1) is 0 Å². The lowest BCUT2D eigenvalue weighted by Gasteiger charge is -2.04. The van der Waals surface area contributed by atoms with Crippen LogP contribution < -0.4 is 5.32 Å². The largest absolute Gasteiger partial charge is 0.298 e. The van der Waals surface area contributed by atoms with E-state index in [4.69, 9.17) is 0 Å². The van der Waals surface area contributed by atoms with Gasteiger partial charge in [-0.1, -0.05) is 24.3 Å². The molecule has 24 heavy (non-hydrogen) atoms. The minimum Gasteiger partial charge on any atom is -0.298 e. The van der Waals surface area contributed by atoms with Gasteiger partial charge in [-0.05, 0) is 64.5 Å². The van der Waals surface area contributed by atoms with Gasteiger partial charge >= 0.3 is 0 Å². The van der Waals surface area contributed by atoms with Crippen molar-refractivity contribution >= 4 is 38.3 Å². The number of nitrogens with one attached hydrogen (secondary N) is 1. The Balaban J connectivity index is 1.55. The molecule has 1 amide bonds. The molecule has 0 bridgehead atoms. The molecule has 2 aromatic carbocycles. The highest BCUT2D eigenvalue weighted by Gasteiger charge is 2.14. The average Bonchev–Trinajstić information content (AvgIpc) is 3.23. The van der Waals surface area contributed by atoms with Crippen molar-refractivity contribution in [3.63, 3.8) is 0 Å². The summed E-state index contributed by atoms with van der Waals surface area (Å²) in [6, 6.07) is 13.9. The number of thiazole rings is 1. The van der Waals surface area contributed by atoms with Crippen LogP contribution >= 0.6 is 27.3 Å². The molecule has 0 aliphatic heterocycles. The number of carbonyl (C=O) groups is 1. The molecule has 0 radical (unpaired) electrons. The smallest absolute Gasteiger partial charge is 0.258 e. The molecule has 5 heteroatoms. The second-order valence-corrected chi connectivity index (χ2v) is 7.52. The lowest BCUT2D eigenvalue weighted by atomic mass is 10.1. The van der Waals surface area contributed by atoms with Crippen LogP contribution in [0.3, 0.4) is 0 Å². The normalized spacial score (nSPS) is 12.9. The first-order valence-electron chi connectivity index (χ1n) is 7.84. The zero-order chi connectivity index (χ0) is 16.5. The predicted octanol–water partition coefficient (Wildman–Crippen LogP) is 5.31. The van der Waals surface area contributed by atoms with E-state index in [-0.39, 0.29) is 5.91 Å². The van der Waals surface area contributed by atoms with E-state index in [0.717, 1.165) is 22.2 Å². The number of carbonyl (C=O) groups excluding carboxylic acids is 1. The van der Waals surface area contributed by atoms with Crippen LogP contribution in [-0.2, 0) is 12.8 Å². The van der Waals surface area contributed by atoms with E-state index in [9.17, 15) is 4.79 Å². The lowest BCUT2D eigenvalue weighted by molar-refractivity contribution is 0.102. The molecule has 1 N–H and O–H groups in total. The van der Waals surface area contributed by atoms with Gasteiger partial charge in [-0.15, -0.1) is 11.3 Å². The Labute approximate surface area is 152 Å². The van der Waals surface area contributed by atoms with E-state index in [2.05, 4.69) is 44.4 Å². The molecule has 4 rings (SSSR count). The first kappa shape index (κ1) is 15.5. The van der Waals surface area contributed by atoms with Crippen molar-refractivity contribution in [1.82, 2.24) is 4.98 Å². The van der Waals surface area contributed by atoms with Gasteiger partial charge in [0, 0.05) is 15.4 Å². The third kappa shape index (κ3) is 3.01. The molecule has 0 spiro atoms. The Bertz CT molecular complexity index is 919. The van der Waals surface area contributed by atoms with Crippen LogP contribution in [0.25, 0.3) is 11.3 Å². The maximum Gasteiger partial charge on any atom is 0.258 e. The summed E-state index contributed by atoms with van der Waals surface area (Å²) in [5.74, 6) is -0.155. The Morgan fingerprint density at radius 3 is 2.83 bits per heavy atom. The molecule has 120 valence electrons. The number of hydrogen-bond acceptors (Lipinski definition) is 3. The van der Waals surface area contributed by atoms with Crippen LogP contribution in [0.1, 0.15) is 27.9 Å². The molecule has 0 unspecified atom stereocenters. The second kappa shape index (κ2) is 6.49. The third-order valence-corrected chi connectivity index (χ3v) is 5.69. The minimum atomic E-state index is -0.155. The highest BCUT2D eigenvalue weighted by Crippen LogP contribution is 2.30. The Morgan fingerprint density at radius 2 is 1.96 bits per heavy atom. The number of nitrogens with zero attached hydrogens (tertiary/aromatic N) is 1. The molecule has 3 aromatic rings. The van der Waals surface area contributed by atoms with E-state index in [0.29, 0.717) is 10.7 Å². The second-order valence-electron chi connectivity index (χ2n) is 5.81. The van der Waals surface area contributed by atoms with Crippen molar-refractivity contribution < 1.29 is 4.79 Å². The number of benzene rings is 2. The van der Waals surface area contributed by atoms with Gasteiger partial charge in [-0.3, -0.25) is 10.1 Å². The molecule has 1 aromatic heterocycles. The fourth-order valence-electron chi connectivity index (χ4n) is 3.00. The quantitative estimate of drug-likeness (QED) is 0.648. The maximum absolute atomic E-state index is 12.4. The number of aromatic nitrogens is 1. The minimum absolute atomic E-state index is 0.155. The van der Waals surface area contributed by atoms with Gasteiger partial charge in [0.05, 0.1) is 11.3 Å². The van der Waals surface area contributed by atoms with Gasteiger partial charge in [0.2, 0.25) is 0 Å². The van der Waals surface area contributed by atoms with Crippen LogP contribution in [0.4, 0.5) is 5.13 Å². The summed E-state index contributed by atoms with van der Waals surface area (Å²) in [6.45, 7) is 0. The number of fused-ring (bicyclic) bond motifs is 1. The summed E-state index contributed by atoms with van der Waals surface area (Å²) in [7, 11) is 0. The van der Waals surface area contributed by atoms with Crippen molar-refractivity contribution in [3.05, 3.63) is 69.0 Å². The molecular formula is C19H15BrN2OS. The number of aryl methyl sites for hydroxylation is 2. The summed E-state index contributed by atoms with van der Waals surface area (Å²) >= 11 is 4.85. The Hall–Kier alpha value is -1.98. The zero-order valence-corrected chi connectivity index (χ0v) is 15.3. The summed E-state index contributed by atoms with van der Waals surface area (Å²) in [4.78, 5) is 16.9. The van der Waals surface area contributed by atoms with Crippen LogP contribution in [0.15, 0.2) is 52.3 Å². The SMILES string of the molecule is O=C(Nc1nc(-c2ccc3c(c2)CCC3)cs1)c1ccccc1Br. The van der Waals surface area contributed by atoms with E-state index in [1.807, 2.05) is 23.6 Å². The van der Waals surface area contributed by atoms with E-state index < -0.39 is 0 Å². The molecule has 1 aliphatic carbocycles. The molecule has 0 saturated heterocycles. The first-order valence-corrected chi connectivity index (χ1v) is 9.51. The van der Waals surface area contributed by atoms with Gasteiger partial charge in [0.1, 0.15) is 0 Å². The first-order chi connectivity index (χ1) is 11.7. The highest BCUT2D eigenvalue weighted by molar-refractivity contribution is 9.10. The molecule has 1 aliphatic rings. The third-order valence-electron chi connectivity index (χ3n) is 4.24. The van der Waals surface area contributed by atoms with E-state index in [1.165, 1.54) is 35.3 Å². The lowest BCUT2D eigenvalue weighted by Crippen LogP contribution is -2.12. The number of halogens is 1. The Kier molecular flexibility index (Phi) is 4.21. The summed E-state index contributed by atoms with van der Waals surface area (Å²) < 4.78 is 0.776. The van der Waals surface area contributed by atoms with Crippen LogP contribution in [-0.4, -0.2) is 10.9 Å². The fourth-order valence-corrected chi connectivity index (χ4v) is 4.18. The van der Waals surface area contributed by atoms with Crippen molar-refractivity contribution in [2.45, 2.75) is 19.3 Å². The molecule has 0 atom stereocenters. The van der Waals surface area contributed by atoms with Crippen molar-refractivity contribution in [1.29, 1.82) is 0 Å². The molecule has 1 heterocycles.